The Balaban J connectivity index is 2.40. The van der Waals surface area contributed by atoms with E-state index in [1.165, 1.54) is 12.8 Å². The van der Waals surface area contributed by atoms with Crippen LogP contribution in [0.15, 0.2) is 12.1 Å². The van der Waals surface area contributed by atoms with Crippen LogP contribution in [-0.2, 0) is 0 Å². The van der Waals surface area contributed by atoms with Crippen LogP contribution in [0.4, 0.5) is 4.39 Å². The summed E-state index contributed by atoms with van der Waals surface area (Å²) >= 11 is 0. The Morgan fingerprint density at radius 3 is 2.35 bits per heavy atom. The first-order valence-corrected chi connectivity index (χ1v) is 6.46. The molecule has 2 rings (SSSR count). The molecule has 0 spiro atoms. The van der Waals surface area contributed by atoms with Crippen molar-refractivity contribution >= 4 is 0 Å². The lowest BCUT2D eigenvalue weighted by atomic mass is 9.76. The van der Waals surface area contributed by atoms with E-state index >= 15 is 0 Å². The smallest absolute Gasteiger partial charge is 0.128 e. The van der Waals surface area contributed by atoms with E-state index in [1.54, 1.807) is 6.07 Å². The van der Waals surface area contributed by atoms with Crippen molar-refractivity contribution in [1.29, 1.82) is 0 Å². The molecular formula is C15H22FN. The van der Waals surface area contributed by atoms with Crippen LogP contribution in [0.1, 0.15) is 55.3 Å². The molecule has 0 heterocycles. The van der Waals surface area contributed by atoms with Crippen LogP contribution in [0, 0.1) is 25.1 Å². The van der Waals surface area contributed by atoms with Gasteiger partial charge in [0, 0.05) is 11.6 Å². The zero-order chi connectivity index (χ0) is 12.6. The van der Waals surface area contributed by atoms with Crippen molar-refractivity contribution < 1.29 is 4.39 Å². The minimum atomic E-state index is -0.175. The Kier molecular flexibility index (Phi) is 3.26. The van der Waals surface area contributed by atoms with E-state index in [0.29, 0.717) is 0 Å². The number of hydrogen-bond donors (Lipinski definition) is 1. The fourth-order valence-electron chi connectivity index (χ4n) is 3.16. The summed E-state index contributed by atoms with van der Waals surface area (Å²) in [6.45, 7) is 6.08. The summed E-state index contributed by atoms with van der Waals surface area (Å²) in [6.07, 6.45) is 4.66. The predicted octanol–water partition coefficient (Wildman–Crippen LogP) is 4.02. The average Bonchev–Trinajstić information content (AvgIpc) is 2.64. The second-order valence-corrected chi connectivity index (χ2v) is 5.82. The SMILES string of the molecule is Cc1cc(C)c(C(N)C2(C)CCCC2)c(F)c1. The van der Waals surface area contributed by atoms with Crippen molar-refractivity contribution in [1.82, 2.24) is 0 Å². The van der Waals surface area contributed by atoms with Crippen LogP contribution < -0.4 is 5.73 Å². The molecule has 0 aliphatic heterocycles. The number of rotatable bonds is 2. The van der Waals surface area contributed by atoms with Crippen LogP contribution in [0.25, 0.3) is 0 Å². The molecule has 0 saturated heterocycles. The molecule has 1 aliphatic carbocycles. The van der Waals surface area contributed by atoms with Crippen molar-refractivity contribution in [2.24, 2.45) is 11.1 Å². The molecule has 1 aliphatic rings. The third-order valence-electron chi connectivity index (χ3n) is 4.29. The second-order valence-electron chi connectivity index (χ2n) is 5.82. The summed E-state index contributed by atoms with van der Waals surface area (Å²) in [5.74, 6) is -0.136. The van der Waals surface area contributed by atoms with Gasteiger partial charge in [0.05, 0.1) is 0 Å². The van der Waals surface area contributed by atoms with E-state index in [2.05, 4.69) is 6.92 Å². The molecule has 2 heteroatoms. The largest absolute Gasteiger partial charge is 0.323 e. The highest BCUT2D eigenvalue weighted by Crippen LogP contribution is 2.47. The summed E-state index contributed by atoms with van der Waals surface area (Å²) in [7, 11) is 0. The van der Waals surface area contributed by atoms with Gasteiger partial charge >= 0.3 is 0 Å². The minimum absolute atomic E-state index is 0.0703. The maximum absolute atomic E-state index is 14.1. The molecule has 1 atom stereocenters. The minimum Gasteiger partial charge on any atom is -0.323 e. The molecule has 1 nitrogen and oxygen atoms in total. The standard InChI is InChI=1S/C15H22FN/c1-10-8-11(2)13(12(16)9-10)14(17)15(3)6-4-5-7-15/h8-9,14H,4-7,17H2,1-3H3. The molecule has 0 amide bonds. The van der Waals surface area contributed by atoms with Gasteiger partial charge in [0.2, 0.25) is 0 Å². The number of halogens is 1. The summed E-state index contributed by atoms with van der Waals surface area (Å²) in [4.78, 5) is 0. The van der Waals surface area contributed by atoms with Crippen molar-refractivity contribution in [3.8, 4) is 0 Å². The third-order valence-corrected chi connectivity index (χ3v) is 4.29. The van der Waals surface area contributed by atoms with Gasteiger partial charge in [-0.25, -0.2) is 4.39 Å². The van der Waals surface area contributed by atoms with Crippen LogP contribution in [-0.4, -0.2) is 0 Å². The number of benzene rings is 1. The Morgan fingerprint density at radius 1 is 1.24 bits per heavy atom. The fraction of sp³-hybridized carbons (Fsp3) is 0.600. The monoisotopic (exact) mass is 235 g/mol. The first-order valence-electron chi connectivity index (χ1n) is 6.46. The van der Waals surface area contributed by atoms with E-state index in [9.17, 15) is 4.39 Å². The molecule has 0 radical (unpaired) electrons. The van der Waals surface area contributed by atoms with Crippen molar-refractivity contribution in [2.75, 3.05) is 0 Å². The highest BCUT2D eigenvalue weighted by molar-refractivity contribution is 5.35. The molecule has 1 saturated carbocycles. The van der Waals surface area contributed by atoms with Crippen LogP contribution in [0.5, 0.6) is 0 Å². The van der Waals surface area contributed by atoms with Crippen molar-refractivity contribution in [3.05, 3.63) is 34.6 Å². The molecular weight excluding hydrogens is 213 g/mol. The average molecular weight is 235 g/mol. The number of nitrogens with two attached hydrogens (primary N) is 1. The lowest BCUT2D eigenvalue weighted by Crippen LogP contribution is -2.30. The highest BCUT2D eigenvalue weighted by atomic mass is 19.1. The van der Waals surface area contributed by atoms with Crippen molar-refractivity contribution in [2.45, 2.75) is 52.5 Å². The van der Waals surface area contributed by atoms with Crippen LogP contribution in [0.3, 0.4) is 0 Å². The lowest BCUT2D eigenvalue weighted by molar-refractivity contribution is 0.259. The molecule has 17 heavy (non-hydrogen) atoms. The number of hydrogen-bond acceptors (Lipinski definition) is 1. The maximum atomic E-state index is 14.1. The van der Waals surface area contributed by atoms with E-state index < -0.39 is 0 Å². The molecule has 1 unspecified atom stereocenters. The second kappa shape index (κ2) is 4.41. The fourth-order valence-corrected chi connectivity index (χ4v) is 3.16. The van der Waals surface area contributed by atoms with Crippen LogP contribution in [0.2, 0.25) is 0 Å². The van der Waals surface area contributed by atoms with Gasteiger partial charge in [0.25, 0.3) is 0 Å². The summed E-state index contributed by atoms with van der Waals surface area (Å²) in [5, 5.41) is 0. The van der Waals surface area contributed by atoms with E-state index in [0.717, 1.165) is 29.5 Å². The summed E-state index contributed by atoms with van der Waals surface area (Å²) in [5.41, 5.74) is 9.09. The summed E-state index contributed by atoms with van der Waals surface area (Å²) in [6, 6.07) is 3.45. The first kappa shape index (κ1) is 12.6. The topological polar surface area (TPSA) is 26.0 Å². The van der Waals surface area contributed by atoms with Gasteiger partial charge in [-0.1, -0.05) is 25.8 Å². The van der Waals surface area contributed by atoms with Gasteiger partial charge in [-0.3, -0.25) is 0 Å². The Morgan fingerprint density at radius 2 is 1.82 bits per heavy atom. The first-order chi connectivity index (χ1) is 7.94. The molecule has 2 N–H and O–H groups in total. The summed E-state index contributed by atoms with van der Waals surface area (Å²) < 4.78 is 14.1. The molecule has 0 aromatic heterocycles. The Bertz CT molecular complexity index is 396. The van der Waals surface area contributed by atoms with Gasteiger partial charge in [0.1, 0.15) is 5.82 Å². The van der Waals surface area contributed by atoms with Gasteiger partial charge in [-0.05, 0) is 49.3 Å². The molecule has 1 aromatic carbocycles. The van der Waals surface area contributed by atoms with E-state index in [4.69, 9.17) is 5.73 Å². The van der Waals surface area contributed by atoms with Crippen molar-refractivity contribution in [3.63, 3.8) is 0 Å². The van der Waals surface area contributed by atoms with Crippen LogP contribution >= 0.6 is 0 Å². The zero-order valence-electron chi connectivity index (χ0n) is 11.0. The zero-order valence-corrected chi connectivity index (χ0v) is 11.0. The Hall–Kier alpha value is -0.890. The lowest BCUT2D eigenvalue weighted by Gasteiger charge is -2.32. The Labute approximate surface area is 103 Å². The van der Waals surface area contributed by atoms with E-state index in [1.807, 2.05) is 19.9 Å². The van der Waals surface area contributed by atoms with Gasteiger partial charge in [-0.2, -0.15) is 0 Å². The maximum Gasteiger partial charge on any atom is 0.128 e. The molecule has 0 bridgehead atoms. The third kappa shape index (κ3) is 2.23. The predicted molar refractivity (Wildman–Crippen MR) is 69.4 cm³/mol. The molecule has 1 aromatic rings. The quantitative estimate of drug-likeness (QED) is 0.823. The number of aryl methyl sites for hydroxylation is 2. The highest BCUT2D eigenvalue weighted by Gasteiger charge is 2.37. The normalized spacial score (nSPS) is 20.5. The van der Waals surface area contributed by atoms with E-state index in [-0.39, 0.29) is 17.3 Å². The van der Waals surface area contributed by atoms with Gasteiger partial charge in [0.15, 0.2) is 0 Å². The molecule has 1 fully saturated rings. The van der Waals surface area contributed by atoms with Gasteiger partial charge < -0.3 is 5.73 Å². The molecule has 94 valence electrons. The van der Waals surface area contributed by atoms with Gasteiger partial charge in [-0.15, -0.1) is 0 Å².